The van der Waals surface area contributed by atoms with Crippen molar-refractivity contribution in [2.75, 3.05) is 37.6 Å². The lowest BCUT2D eigenvalue weighted by molar-refractivity contribution is -0.892. The quantitative estimate of drug-likeness (QED) is 0.880. The highest BCUT2D eigenvalue weighted by Gasteiger charge is 2.27. The van der Waals surface area contributed by atoms with Gasteiger partial charge in [-0.3, -0.25) is 4.79 Å². The van der Waals surface area contributed by atoms with E-state index in [1.807, 2.05) is 4.90 Å². The number of quaternary nitrogens is 1. The minimum atomic E-state index is 0.275. The van der Waals surface area contributed by atoms with Gasteiger partial charge in [0.05, 0.1) is 26.2 Å². The largest absolute Gasteiger partial charge is 0.360 e. The van der Waals surface area contributed by atoms with E-state index in [-0.39, 0.29) is 18.0 Å². The molecule has 0 bridgehead atoms. The summed E-state index contributed by atoms with van der Waals surface area (Å²) in [6.45, 7) is 13.1. The molecule has 4 heteroatoms. The summed E-state index contributed by atoms with van der Waals surface area (Å²) in [5.41, 5.74) is 1.29. The molecule has 1 aromatic rings. The molecule has 1 heterocycles. The summed E-state index contributed by atoms with van der Waals surface area (Å²) < 4.78 is 0. The molecule has 1 aromatic carbocycles. The molecule has 1 aliphatic heterocycles. The van der Waals surface area contributed by atoms with Crippen molar-refractivity contribution in [3.63, 3.8) is 0 Å². The van der Waals surface area contributed by atoms with E-state index in [0.29, 0.717) is 6.54 Å². The molecule has 1 saturated heterocycles. The maximum atomic E-state index is 12.5. The van der Waals surface area contributed by atoms with Crippen molar-refractivity contribution in [2.45, 2.75) is 39.8 Å². The van der Waals surface area contributed by atoms with E-state index in [4.69, 9.17) is 0 Å². The van der Waals surface area contributed by atoms with Crippen LogP contribution in [-0.2, 0) is 4.79 Å². The molecule has 0 saturated carbocycles. The fourth-order valence-corrected chi connectivity index (χ4v) is 3.37. The van der Waals surface area contributed by atoms with E-state index >= 15 is 0 Å². The van der Waals surface area contributed by atoms with Gasteiger partial charge in [0, 0.05) is 17.8 Å². The number of nitrogens with one attached hydrogen (secondary N) is 1. The highest BCUT2D eigenvalue weighted by molar-refractivity contribution is 5.77. The van der Waals surface area contributed by atoms with Gasteiger partial charge >= 0.3 is 0 Å². The van der Waals surface area contributed by atoms with Gasteiger partial charge in [-0.15, -0.1) is 0 Å². The first-order valence-corrected chi connectivity index (χ1v) is 8.43. The first-order valence-electron chi connectivity index (χ1n) is 8.43. The highest BCUT2D eigenvalue weighted by Crippen LogP contribution is 2.12. The van der Waals surface area contributed by atoms with Gasteiger partial charge in [0.1, 0.15) is 0 Å². The predicted octanol–water partition coefficient (Wildman–Crippen LogP) is 1.04. The molecule has 122 valence electrons. The summed E-state index contributed by atoms with van der Waals surface area (Å²) in [6.07, 6.45) is 0. The van der Waals surface area contributed by atoms with Crippen molar-refractivity contribution in [1.29, 1.82) is 0 Å². The van der Waals surface area contributed by atoms with Gasteiger partial charge in [-0.2, -0.15) is 0 Å². The van der Waals surface area contributed by atoms with Gasteiger partial charge in [0.15, 0.2) is 6.54 Å². The third-order valence-electron chi connectivity index (χ3n) is 4.39. The average molecular weight is 304 g/mol. The SMILES string of the molecule is CC(C)N(C(=O)C[NH+]1CCN(c2ccccc2)CC1)C(C)C. The average Bonchev–Trinajstić information content (AvgIpc) is 2.48. The van der Waals surface area contributed by atoms with Crippen LogP contribution in [0.15, 0.2) is 30.3 Å². The van der Waals surface area contributed by atoms with E-state index < -0.39 is 0 Å². The number of amides is 1. The molecular formula is C18H30N3O+. The normalized spacial score (nSPS) is 16.4. The highest BCUT2D eigenvalue weighted by atomic mass is 16.2. The standard InChI is InChI=1S/C18H29N3O/c1-15(2)21(16(3)4)18(22)14-19-10-12-20(13-11-19)17-8-6-5-7-9-17/h5-9,15-16H,10-14H2,1-4H3/p+1. The van der Waals surface area contributed by atoms with Crippen LogP contribution in [0, 0.1) is 0 Å². The number of carbonyl (C=O) groups excluding carboxylic acids is 1. The van der Waals surface area contributed by atoms with Crippen LogP contribution in [0.1, 0.15) is 27.7 Å². The summed E-state index contributed by atoms with van der Waals surface area (Å²) in [5, 5.41) is 0. The van der Waals surface area contributed by atoms with Crippen molar-refractivity contribution < 1.29 is 9.69 Å². The Morgan fingerprint density at radius 1 is 1.09 bits per heavy atom. The molecule has 1 fully saturated rings. The number of anilines is 1. The summed E-state index contributed by atoms with van der Waals surface area (Å²) in [5.74, 6) is 0.285. The second kappa shape index (κ2) is 7.63. The molecule has 0 atom stereocenters. The zero-order chi connectivity index (χ0) is 16.1. The van der Waals surface area contributed by atoms with Gasteiger partial charge in [-0.25, -0.2) is 0 Å². The van der Waals surface area contributed by atoms with Crippen LogP contribution < -0.4 is 9.80 Å². The smallest absolute Gasteiger partial charge is 0.278 e. The van der Waals surface area contributed by atoms with Crippen LogP contribution in [0.25, 0.3) is 0 Å². The minimum absolute atomic E-state index is 0.275. The number of para-hydroxylation sites is 1. The van der Waals surface area contributed by atoms with Gasteiger partial charge in [-0.05, 0) is 39.8 Å². The number of hydrogen-bond acceptors (Lipinski definition) is 2. The van der Waals surface area contributed by atoms with E-state index in [2.05, 4.69) is 62.9 Å². The van der Waals surface area contributed by atoms with E-state index in [1.54, 1.807) is 0 Å². The van der Waals surface area contributed by atoms with Gasteiger partial charge < -0.3 is 14.7 Å². The number of rotatable bonds is 5. The third kappa shape index (κ3) is 4.23. The lowest BCUT2D eigenvalue weighted by Gasteiger charge is -2.36. The Labute approximate surface area is 134 Å². The Morgan fingerprint density at radius 2 is 1.64 bits per heavy atom. The van der Waals surface area contributed by atoms with Crippen molar-refractivity contribution in [2.24, 2.45) is 0 Å². The van der Waals surface area contributed by atoms with Crippen molar-refractivity contribution in [3.05, 3.63) is 30.3 Å². The van der Waals surface area contributed by atoms with Crippen LogP contribution >= 0.6 is 0 Å². The second-order valence-corrected chi connectivity index (χ2v) is 6.74. The molecule has 1 aliphatic rings. The Morgan fingerprint density at radius 3 is 2.14 bits per heavy atom. The summed E-state index contributed by atoms with van der Waals surface area (Å²) in [4.78, 5) is 18.4. The predicted molar refractivity (Wildman–Crippen MR) is 91.3 cm³/mol. The Hall–Kier alpha value is -1.55. The monoisotopic (exact) mass is 304 g/mol. The van der Waals surface area contributed by atoms with Crippen LogP contribution in [-0.4, -0.2) is 55.6 Å². The Kier molecular flexibility index (Phi) is 5.83. The lowest BCUT2D eigenvalue weighted by Crippen LogP contribution is -3.16. The molecule has 2 rings (SSSR count). The molecular weight excluding hydrogens is 274 g/mol. The molecule has 22 heavy (non-hydrogen) atoms. The number of piperazine rings is 1. The van der Waals surface area contributed by atoms with Crippen molar-refractivity contribution in [3.8, 4) is 0 Å². The molecule has 0 aliphatic carbocycles. The molecule has 1 N–H and O–H groups in total. The molecule has 0 aromatic heterocycles. The lowest BCUT2D eigenvalue weighted by atomic mass is 10.2. The van der Waals surface area contributed by atoms with Crippen molar-refractivity contribution in [1.82, 2.24) is 4.90 Å². The maximum absolute atomic E-state index is 12.5. The zero-order valence-electron chi connectivity index (χ0n) is 14.4. The van der Waals surface area contributed by atoms with E-state index in [9.17, 15) is 4.79 Å². The zero-order valence-corrected chi connectivity index (χ0v) is 14.4. The maximum Gasteiger partial charge on any atom is 0.278 e. The van der Waals surface area contributed by atoms with Crippen LogP contribution in [0.4, 0.5) is 5.69 Å². The molecule has 0 spiro atoms. The number of hydrogen-bond donors (Lipinski definition) is 1. The van der Waals surface area contributed by atoms with E-state index in [0.717, 1.165) is 26.2 Å². The van der Waals surface area contributed by atoms with Gasteiger partial charge in [-0.1, -0.05) is 18.2 Å². The second-order valence-electron chi connectivity index (χ2n) is 6.74. The van der Waals surface area contributed by atoms with Gasteiger partial charge in [0.2, 0.25) is 0 Å². The molecule has 1 amide bonds. The summed E-state index contributed by atoms with van der Waals surface area (Å²) in [6, 6.07) is 11.1. The fourth-order valence-electron chi connectivity index (χ4n) is 3.37. The minimum Gasteiger partial charge on any atom is -0.360 e. The first kappa shape index (κ1) is 16.8. The fraction of sp³-hybridized carbons (Fsp3) is 0.611. The molecule has 0 radical (unpaired) electrons. The number of carbonyl (C=O) groups is 1. The first-order chi connectivity index (χ1) is 10.5. The van der Waals surface area contributed by atoms with Gasteiger partial charge in [0.25, 0.3) is 5.91 Å². The van der Waals surface area contributed by atoms with Crippen molar-refractivity contribution >= 4 is 11.6 Å². The Balaban J connectivity index is 1.86. The van der Waals surface area contributed by atoms with E-state index in [1.165, 1.54) is 10.6 Å². The Bertz CT molecular complexity index is 456. The number of benzene rings is 1. The van der Waals surface area contributed by atoms with Crippen LogP contribution in [0.3, 0.4) is 0 Å². The molecule has 4 nitrogen and oxygen atoms in total. The van der Waals surface area contributed by atoms with Crippen LogP contribution in [0.5, 0.6) is 0 Å². The summed E-state index contributed by atoms with van der Waals surface area (Å²) >= 11 is 0. The summed E-state index contributed by atoms with van der Waals surface area (Å²) in [7, 11) is 0. The van der Waals surface area contributed by atoms with Crippen LogP contribution in [0.2, 0.25) is 0 Å². The number of nitrogens with zero attached hydrogens (tertiary/aromatic N) is 2. The topological polar surface area (TPSA) is 28.0 Å². The third-order valence-corrected chi connectivity index (χ3v) is 4.39. The molecule has 0 unspecified atom stereocenters.